The van der Waals surface area contributed by atoms with E-state index in [0.717, 1.165) is 16.9 Å². The topological polar surface area (TPSA) is 29.5 Å². The maximum absolute atomic E-state index is 9.74. The van der Waals surface area contributed by atoms with Crippen LogP contribution in [-0.2, 0) is 5.60 Å². The molecule has 0 amide bonds. The van der Waals surface area contributed by atoms with Gasteiger partial charge in [0, 0.05) is 0 Å². The molecule has 15 heavy (non-hydrogen) atoms. The smallest absolute Gasteiger partial charge is 0.119 e. The molecule has 0 aliphatic heterocycles. The molecule has 0 aliphatic carbocycles. The Labute approximate surface area is 91.2 Å². The van der Waals surface area contributed by atoms with E-state index in [9.17, 15) is 5.11 Å². The molecule has 0 atom stereocenters. The molecule has 0 saturated carbocycles. The van der Waals surface area contributed by atoms with E-state index in [1.165, 1.54) is 0 Å². The molecule has 82 valence electrons. The minimum atomic E-state index is -0.799. The SMILES string of the molecule is C=C(C)COc1ccc(C(C)(C)O)cc1. The minimum Gasteiger partial charge on any atom is -0.489 e. The second kappa shape index (κ2) is 4.49. The summed E-state index contributed by atoms with van der Waals surface area (Å²) in [6.07, 6.45) is 0. The van der Waals surface area contributed by atoms with E-state index in [-0.39, 0.29) is 0 Å². The fourth-order valence-electron chi connectivity index (χ4n) is 1.17. The molecular formula is C13H18O2. The van der Waals surface area contributed by atoms with E-state index < -0.39 is 5.60 Å². The standard InChI is InChI=1S/C13H18O2/c1-10(2)9-15-12-7-5-11(6-8-12)13(3,4)14/h5-8,14H,1,9H2,2-4H3. The highest BCUT2D eigenvalue weighted by Gasteiger charge is 2.15. The maximum Gasteiger partial charge on any atom is 0.119 e. The van der Waals surface area contributed by atoms with Gasteiger partial charge in [0.15, 0.2) is 0 Å². The Hall–Kier alpha value is -1.28. The molecule has 1 aromatic carbocycles. The Morgan fingerprint density at radius 2 is 1.87 bits per heavy atom. The second-order valence-corrected chi connectivity index (χ2v) is 4.33. The highest BCUT2D eigenvalue weighted by atomic mass is 16.5. The molecule has 0 spiro atoms. The van der Waals surface area contributed by atoms with Gasteiger partial charge in [0.25, 0.3) is 0 Å². The quantitative estimate of drug-likeness (QED) is 0.767. The Balaban J connectivity index is 2.69. The van der Waals surface area contributed by atoms with Crippen LogP contribution in [0.2, 0.25) is 0 Å². The van der Waals surface area contributed by atoms with Crippen molar-refractivity contribution >= 4 is 0 Å². The third-order valence-corrected chi connectivity index (χ3v) is 2.05. The molecule has 0 aromatic heterocycles. The van der Waals surface area contributed by atoms with Crippen LogP contribution in [0.25, 0.3) is 0 Å². The van der Waals surface area contributed by atoms with Gasteiger partial charge in [0.2, 0.25) is 0 Å². The monoisotopic (exact) mass is 206 g/mol. The average Bonchev–Trinajstić information content (AvgIpc) is 2.14. The van der Waals surface area contributed by atoms with Crippen molar-refractivity contribution in [3.8, 4) is 5.75 Å². The fourth-order valence-corrected chi connectivity index (χ4v) is 1.17. The summed E-state index contributed by atoms with van der Waals surface area (Å²) in [5.41, 5.74) is 1.07. The Morgan fingerprint density at radius 3 is 2.27 bits per heavy atom. The van der Waals surface area contributed by atoms with Gasteiger partial charge in [0.05, 0.1) is 5.60 Å². The first-order valence-corrected chi connectivity index (χ1v) is 4.99. The summed E-state index contributed by atoms with van der Waals surface area (Å²) in [5, 5.41) is 9.74. The van der Waals surface area contributed by atoms with Crippen LogP contribution in [0.1, 0.15) is 26.3 Å². The van der Waals surface area contributed by atoms with Crippen molar-refractivity contribution in [1.82, 2.24) is 0 Å². The van der Waals surface area contributed by atoms with Gasteiger partial charge in [-0.25, -0.2) is 0 Å². The molecule has 0 aliphatic rings. The summed E-state index contributed by atoms with van der Waals surface area (Å²) >= 11 is 0. The van der Waals surface area contributed by atoms with Crippen molar-refractivity contribution in [2.75, 3.05) is 6.61 Å². The van der Waals surface area contributed by atoms with E-state index in [4.69, 9.17) is 4.74 Å². The van der Waals surface area contributed by atoms with Gasteiger partial charge in [-0.1, -0.05) is 18.7 Å². The zero-order valence-corrected chi connectivity index (χ0v) is 9.58. The van der Waals surface area contributed by atoms with Crippen molar-refractivity contribution in [3.05, 3.63) is 42.0 Å². The number of hydrogen-bond donors (Lipinski definition) is 1. The van der Waals surface area contributed by atoms with E-state index in [1.807, 2.05) is 31.2 Å². The van der Waals surface area contributed by atoms with Crippen LogP contribution in [0.3, 0.4) is 0 Å². The predicted molar refractivity (Wildman–Crippen MR) is 62.0 cm³/mol. The number of benzene rings is 1. The van der Waals surface area contributed by atoms with Gasteiger partial charge in [-0.2, -0.15) is 0 Å². The van der Waals surface area contributed by atoms with Crippen molar-refractivity contribution < 1.29 is 9.84 Å². The molecule has 0 radical (unpaired) electrons. The van der Waals surface area contributed by atoms with Gasteiger partial charge in [0.1, 0.15) is 12.4 Å². The summed E-state index contributed by atoms with van der Waals surface area (Å²) in [7, 11) is 0. The third kappa shape index (κ3) is 3.76. The number of rotatable bonds is 4. The molecule has 0 saturated heterocycles. The van der Waals surface area contributed by atoms with E-state index in [1.54, 1.807) is 13.8 Å². The minimum absolute atomic E-state index is 0.530. The largest absolute Gasteiger partial charge is 0.489 e. The first-order valence-electron chi connectivity index (χ1n) is 4.99. The van der Waals surface area contributed by atoms with Crippen LogP contribution in [0, 0.1) is 0 Å². The number of ether oxygens (including phenoxy) is 1. The molecular weight excluding hydrogens is 188 g/mol. The van der Waals surface area contributed by atoms with Crippen molar-refractivity contribution in [3.63, 3.8) is 0 Å². The first-order chi connectivity index (χ1) is 6.89. The van der Waals surface area contributed by atoms with E-state index in [0.29, 0.717) is 6.61 Å². The van der Waals surface area contributed by atoms with Crippen LogP contribution in [0.4, 0.5) is 0 Å². The lowest BCUT2D eigenvalue weighted by Crippen LogP contribution is -2.15. The normalized spacial score (nSPS) is 11.2. The summed E-state index contributed by atoms with van der Waals surface area (Å²) in [5.74, 6) is 0.797. The summed E-state index contributed by atoms with van der Waals surface area (Å²) in [6.45, 7) is 9.73. The summed E-state index contributed by atoms with van der Waals surface area (Å²) in [4.78, 5) is 0. The second-order valence-electron chi connectivity index (χ2n) is 4.33. The lowest BCUT2D eigenvalue weighted by molar-refractivity contribution is 0.0785. The van der Waals surface area contributed by atoms with E-state index in [2.05, 4.69) is 6.58 Å². The molecule has 1 rings (SSSR count). The maximum atomic E-state index is 9.74. The summed E-state index contributed by atoms with van der Waals surface area (Å²) in [6, 6.07) is 7.45. The first kappa shape index (κ1) is 11.8. The lowest BCUT2D eigenvalue weighted by Gasteiger charge is -2.17. The molecule has 0 bridgehead atoms. The van der Waals surface area contributed by atoms with Crippen LogP contribution in [-0.4, -0.2) is 11.7 Å². The van der Waals surface area contributed by atoms with Gasteiger partial charge in [-0.3, -0.25) is 0 Å². The molecule has 1 aromatic rings. The van der Waals surface area contributed by atoms with Crippen molar-refractivity contribution in [2.24, 2.45) is 0 Å². The highest BCUT2D eigenvalue weighted by molar-refractivity contribution is 5.30. The Morgan fingerprint density at radius 1 is 1.33 bits per heavy atom. The number of aliphatic hydroxyl groups is 1. The molecule has 1 N–H and O–H groups in total. The van der Waals surface area contributed by atoms with Crippen LogP contribution >= 0.6 is 0 Å². The van der Waals surface area contributed by atoms with Crippen LogP contribution in [0.5, 0.6) is 5.75 Å². The van der Waals surface area contributed by atoms with Crippen LogP contribution in [0.15, 0.2) is 36.4 Å². The summed E-state index contributed by atoms with van der Waals surface area (Å²) < 4.78 is 5.45. The Bertz CT molecular complexity index is 331. The van der Waals surface area contributed by atoms with Gasteiger partial charge < -0.3 is 9.84 Å². The van der Waals surface area contributed by atoms with Crippen LogP contribution < -0.4 is 4.74 Å². The van der Waals surface area contributed by atoms with Crippen molar-refractivity contribution in [2.45, 2.75) is 26.4 Å². The lowest BCUT2D eigenvalue weighted by atomic mass is 9.99. The predicted octanol–water partition coefficient (Wildman–Crippen LogP) is 2.87. The van der Waals surface area contributed by atoms with E-state index >= 15 is 0 Å². The third-order valence-electron chi connectivity index (χ3n) is 2.05. The van der Waals surface area contributed by atoms with Gasteiger partial charge in [-0.05, 0) is 44.0 Å². The molecule has 0 unspecified atom stereocenters. The highest BCUT2D eigenvalue weighted by Crippen LogP contribution is 2.22. The van der Waals surface area contributed by atoms with Gasteiger partial charge >= 0.3 is 0 Å². The van der Waals surface area contributed by atoms with Crippen molar-refractivity contribution in [1.29, 1.82) is 0 Å². The zero-order chi connectivity index (χ0) is 11.5. The Kier molecular flexibility index (Phi) is 3.53. The molecule has 0 fully saturated rings. The average molecular weight is 206 g/mol. The van der Waals surface area contributed by atoms with Gasteiger partial charge in [-0.15, -0.1) is 0 Å². The molecule has 2 nitrogen and oxygen atoms in total. The molecule has 2 heteroatoms. The fraction of sp³-hybridized carbons (Fsp3) is 0.385. The molecule has 0 heterocycles. The zero-order valence-electron chi connectivity index (χ0n) is 9.58. The number of hydrogen-bond acceptors (Lipinski definition) is 2.